The fourth-order valence-corrected chi connectivity index (χ4v) is 4.24. The van der Waals surface area contributed by atoms with Crippen LogP contribution in [0.2, 0.25) is 0 Å². The average molecular weight is 386 g/mol. The molecule has 0 aliphatic carbocycles. The summed E-state index contributed by atoms with van der Waals surface area (Å²) in [5.41, 5.74) is 4.02. The first-order valence-electron chi connectivity index (χ1n) is 9.75. The molecule has 1 aromatic heterocycles. The first kappa shape index (κ1) is 17.9. The molecule has 29 heavy (non-hydrogen) atoms. The lowest BCUT2D eigenvalue weighted by Gasteiger charge is -2.16. The number of amides is 1. The first-order valence-corrected chi connectivity index (χ1v) is 9.75. The minimum atomic E-state index is -0.876. The summed E-state index contributed by atoms with van der Waals surface area (Å²) in [6.45, 7) is 0.324. The predicted octanol–water partition coefficient (Wildman–Crippen LogP) is 3.18. The van der Waals surface area contributed by atoms with Gasteiger partial charge in [0, 0.05) is 42.8 Å². The monoisotopic (exact) mass is 386 g/mol. The van der Waals surface area contributed by atoms with Crippen molar-refractivity contribution in [3.05, 3.63) is 72.4 Å². The van der Waals surface area contributed by atoms with Crippen molar-refractivity contribution in [2.24, 2.45) is 7.05 Å². The van der Waals surface area contributed by atoms with Gasteiger partial charge in [0.15, 0.2) is 0 Å². The highest BCUT2D eigenvalue weighted by atomic mass is 16.3. The van der Waals surface area contributed by atoms with Gasteiger partial charge < -0.3 is 19.7 Å². The van der Waals surface area contributed by atoms with Crippen LogP contribution >= 0.6 is 0 Å². The molecule has 146 valence electrons. The molecule has 1 saturated heterocycles. The van der Waals surface area contributed by atoms with Gasteiger partial charge in [0.05, 0.1) is 12.2 Å². The molecule has 4 aromatic rings. The zero-order chi connectivity index (χ0) is 20.1. The van der Waals surface area contributed by atoms with E-state index in [2.05, 4.69) is 41.1 Å². The van der Waals surface area contributed by atoms with Gasteiger partial charge in [0.25, 0.3) is 5.91 Å². The highest BCUT2D eigenvalue weighted by molar-refractivity contribution is 6.03. The molecule has 0 radical (unpaired) electrons. The van der Waals surface area contributed by atoms with E-state index in [0.29, 0.717) is 5.56 Å². The van der Waals surface area contributed by atoms with E-state index in [1.165, 1.54) is 15.8 Å². The Hall–Kier alpha value is -3.15. The van der Waals surface area contributed by atoms with E-state index in [-0.39, 0.29) is 19.0 Å². The van der Waals surface area contributed by atoms with E-state index in [4.69, 9.17) is 0 Å². The number of hydrogen-bond acceptors (Lipinski definition) is 3. The van der Waals surface area contributed by atoms with Gasteiger partial charge in [0.2, 0.25) is 0 Å². The molecule has 2 heterocycles. The molecular weight excluding hydrogens is 364 g/mol. The molecule has 0 saturated carbocycles. The third-order valence-electron chi connectivity index (χ3n) is 5.87. The van der Waals surface area contributed by atoms with Crippen LogP contribution in [0.15, 0.2) is 66.9 Å². The summed E-state index contributed by atoms with van der Waals surface area (Å²) in [6.07, 6.45) is 0.305. The van der Waals surface area contributed by atoms with Crippen LogP contribution in [0.25, 0.3) is 32.8 Å². The van der Waals surface area contributed by atoms with E-state index in [0.717, 1.165) is 21.9 Å². The quantitative estimate of drug-likeness (QED) is 0.556. The van der Waals surface area contributed by atoms with Crippen LogP contribution in [0.4, 0.5) is 0 Å². The highest BCUT2D eigenvalue weighted by Crippen LogP contribution is 2.32. The Kier molecular flexibility index (Phi) is 4.15. The minimum Gasteiger partial charge on any atom is -0.388 e. The number of hydrogen-bond donors (Lipinski definition) is 2. The maximum atomic E-state index is 12.8. The summed E-state index contributed by atoms with van der Waals surface area (Å²) in [5, 5.41) is 22.7. The number of nitrogens with zero attached hydrogens (tertiary/aromatic N) is 2. The summed E-state index contributed by atoms with van der Waals surface area (Å²) in [5.74, 6) is -0.168. The van der Waals surface area contributed by atoms with Gasteiger partial charge in [-0.05, 0) is 52.2 Å². The lowest BCUT2D eigenvalue weighted by atomic mass is 9.96. The second-order valence-corrected chi connectivity index (χ2v) is 7.79. The number of likely N-dealkylation sites (tertiary alicyclic amines) is 1. The Morgan fingerprint density at radius 2 is 1.72 bits per heavy atom. The molecular formula is C24H22N2O3. The molecule has 1 fully saturated rings. The molecule has 1 aliphatic heterocycles. The van der Waals surface area contributed by atoms with Crippen molar-refractivity contribution >= 4 is 27.6 Å². The number of fused-ring (bicyclic) bond motifs is 2. The Morgan fingerprint density at radius 1 is 0.931 bits per heavy atom. The van der Waals surface area contributed by atoms with Gasteiger partial charge in [-0.25, -0.2) is 0 Å². The smallest absolute Gasteiger partial charge is 0.254 e. The number of rotatable bonds is 2. The maximum absolute atomic E-state index is 12.8. The van der Waals surface area contributed by atoms with Crippen LogP contribution in [0.1, 0.15) is 10.4 Å². The van der Waals surface area contributed by atoms with E-state index < -0.39 is 12.2 Å². The Morgan fingerprint density at radius 3 is 2.52 bits per heavy atom. The van der Waals surface area contributed by atoms with Crippen molar-refractivity contribution < 1.29 is 15.0 Å². The highest BCUT2D eigenvalue weighted by Gasteiger charge is 2.32. The Balaban J connectivity index is 1.54. The zero-order valence-corrected chi connectivity index (χ0v) is 16.1. The van der Waals surface area contributed by atoms with Crippen LogP contribution in [-0.4, -0.2) is 50.9 Å². The van der Waals surface area contributed by atoms with Crippen LogP contribution in [0, 0.1) is 0 Å². The van der Waals surface area contributed by atoms with Crippen molar-refractivity contribution in [3.8, 4) is 11.1 Å². The number of carbonyl (C=O) groups is 1. The van der Waals surface area contributed by atoms with E-state index >= 15 is 0 Å². The van der Waals surface area contributed by atoms with E-state index in [1.807, 2.05) is 37.4 Å². The first-order chi connectivity index (χ1) is 14.0. The molecule has 5 rings (SSSR count). The number of aromatic nitrogens is 1. The molecule has 1 amide bonds. The number of benzene rings is 3. The molecule has 5 nitrogen and oxygen atoms in total. The molecule has 3 aromatic carbocycles. The van der Waals surface area contributed by atoms with Crippen LogP contribution in [0.5, 0.6) is 0 Å². The van der Waals surface area contributed by atoms with Crippen molar-refractivity contribution in [2.45, 2.75) is 12.2 Å². The number of β-amino-alcohol motifs (C(OH)–C–C–N with tert-alkyl or cyclic N) is 2. The number of aryl methyl sites for hydroxylation is 1. The number of aliphatic hydroxyl groups excluding tert-OH is 2. The third kappa shape index (κ3) is 2.99. The third-order valence-corrected chi connectivity index (χ3v) is 5.87. The standard InChI is InChI=1S/C24H22N2O3/c1-25-10-9-17-11-16(6-8-21(17)25)19-4-2-3-15-12-18(5-7-20(15)19)24(29)26-13-22(27)23(28)14-26/h2-12,22-23,27-28H,13-14H2,1H3/t22-,23-/m1/s1. The van der Waals surface area contributed by atoms with Crippen molar-refractivity contribution in [1.29, 1.82) is 0 Å². The Bertz CT molecular complexity index is 1230. The molecule has 0 unspecified atom stereocenters. The molecule has 2 atom stereocenters. The molecule has 0 bridgehead atoms. The summed E-state index contributed by atoms with van der Waals surface area (Å²) >= 11 is 0. The largest absolute Gasteiger partial charge is 0.388 e. The van der Waals surface area contributed by atoms with Crippen molar-refractivity contribution in [3.63, 3.8) is 0 Å². The summed E-state index contributed by atoms with van der Waals surface area (Å²) in [6, 6.07) is 20.4. The van der Waals surface area contributed by atoms with Gasteiger partial charge in [-0.3, -0.25) is 4.79 Å². The van der Waals surface area contributed by atoms with E-state index in [1.54, 1.807) is 0 Å². The minimum absolute atomic E-state index is 0.162. The SMILES string of the molecule is Cn1ccc2cc(-c3cccc4cc(C(=O)N5C[C@@H](O)[C@H](O)C5)ccc34)ccc21. The zero-order valence-electron chi connectivity index (χ0n) is 16.1. The molecule has 1 aliphatic rings. The second kappa shape index (κ2) is 6.72. The Labute approximate surface area is 168 Å². The van der Waals surface area contributed by atoms with Gasteiger partial charge in [0.1, 0.15) is 0 Å². The normalized spacial score (nSPS) is 19.3. The van der Waals surface area contributed by atoms with Crippen LogP contribution < -0.4 is 0 Å². The van der Waals surface area contributed by atoms with Gasteiger partial charge in [-0.15, -0.1) is 0 Å². The summed E-state index contributed by atoms with van der Waals surface area (Å²) in [7, 11) is 2.04. The fraction of sp³-hybridized carbons (Fsp3) is 0.208. The molecule has 2 N–H and O–H groups in total. The topological polar surface area (TPSA) is 65.7 Å². The van der Waals surface area contributed by atoms with Gasteiger partial charge in [-0.1, -0.05) is 30.3 Å². The van der Waals surface area contributed by atoms with Crippen LogP contribution in [0.3, 0.4) is 0 Å². The number of aliphatic hydroxyl groups is 2. The lowest BCUT2D eigenvalue weighted by molar-refractivity contribution is 0.0572. The molecule has 5 heteroatoms. The summed E-state index contributed by atoms with van der Waals surface area (Å²) in [4.78, 5) is 14.3. The predicted molar refractivity (Wildman–Crippen MR) is 114 cm³/mol. The maximum Gasteiger partial charge on any atom is 0.254 e. The van der Waals surface area contributed by atoms with Crippen LogP contribution in [-0.2, 0) is 7.05 Å². The van der Waals surface area contributed by atoms with Gasteiger partial charge in [-0.2, -0.15) is 0 Å². The fourth-order valence-electron chi connectivity index (χ4n) is 4.24. The molecule has 0 spiro atoms. The summed E-state index contributed by atoms with van der Waals surface area (Å²) < 4.78 is 2.10. The second-order valence-electron chi connectivity index (χ2n) is 7.79. The van der Waals surface area contributed by atoms with Crippen molar-refractivity contribution in [1.82, 2.24) is 9.47 Å². The number of carbonyl (C=O) groups excluding carboxylic acids is 1. The van der Waals surface area contributed by atoms with Gasteiger partial charge >= 0.3 is 0 Å². The van der Waals surface area contributed by atoms with Crippen molar-refractivity contribution in [2.75, 3.05) is 13.1 Å². The average Bonchev–Trinajstić information content (AvgIpc) is 3.28. The van der Waals surface area contributed by atoms with E-state index in [9.17, 15) is 15.0 Å². The lowest BCUT2D eigenvalue weighted by Crippen LogP contribution is -2.29.